The Bertz CT molecular complexity index is 1050. The Balaban J connectivity index is 1.24. The molecule has 4 heterocycles. The molecule has 0 bridgehead atoms. The fraction of sp³-hybridized carbons (Fsp3) is 0.222. The zero-order chi connectivity index (χ0) is 18.8. The summed E-state index contributed by atoms with van der Waals surface area (Å²) in [6.45, 7) is 0.607. The number of nitrogens with zero attached hydrogens (tertiary/aromatic N) is 5. The van der Waals surface area contributed by atoms with Crippen molar-refractivity contribution >= 4 is 40.0 Å². The van der Waals surface area contributed by atoms with Crippen LogP contribution in [0.3, 0.4) is 0 Å². The SMILES string of the molecule is c1ccc(-c2nnc3n2C(CSc2nnc(NCc4ccco4)s2)CS3)cc1. The van der Waals surface area contributed by atoms with Crippen LogP contribution in [0, 0.1) is 0 Å². The smallest absolute Gasteiger partial charge is 0.206 e. The second-order valence-corrected chi connectivity index (χ2v) is 9.36. The lowest BCUT2D eigenvalue weighted by atomic mass is 10.2. The molecule has 5 rings (SSSR count). The fourth-order valence-electron chi connectivity index (χ4n) is 2.94. The molecule has 0 spiro atoms. The van der Waals surface area contributed by atoms with Gasteiger partial charge in [-0.15, -0.1) is 20.4 Å². The number of aromatic nitrogens is 5. The highest BCUT2D eigenvalue weighted by molar-refractivity contribution is 8.01. The maximum absolute atomic E-state index is 5.32. The van der Waals surface area contributed by atoms with Crippen LogP contribution in [0.15, 0.2) is 62.6 Å². The minimum Gasteiger partial charge on any atom is -0.467 e. The Morgan fingerprint density at radius 3 is 2.89 bits per heavy atom. The molecule has 0 aliphatic carbocycles. The van der Waals surface area contributed by atoms with Crippen LogP contribution >= 0.6 is 34.9 Å². The molecule has 3 aromatic heterocycles. The molecule has 1 aliphatic rings. The number of hydrogen-bond donors (Lipinski definition) is 1. The molecule has 28 heavy (non-hydrogen) atoms. The van der Waals surface area contributed by atoms with Gasteiger partial charge in [-0.3, -0.25) is 4.57 Å². The van der Waals surface area contributed by atoms with Crippen molar-refractivity contribution in [3.63, 3.8) is 0 Å². The average Bonchev–Trinajstić information content (AvgIpc) is 3.51. The Kier molecular flexibility index (Phi) is 5.06. The van der Waals surface area contributed by atoms with E-state index < -0.39 is 0 Å². The van der Waals surface area contributed by atoms with Crippen LogP contribution in [-0.4, -0.2) is 36.5 Å². The van der Waals surface area contributed by atoms with Crippen LogP contribution < -0.4 is 5.32 Å². The Hall–Kier alpha value is -2.30. The molecule has 0 radical (unpaired) electrons. The summed E-state index contributed by atoms with van der Waals surface area (Å²) in [5, 5.41) is 22.3. The van der Waals surface area contributed by atoms with Gasteiger partial charge in [-0.2, -0.15) is 0 Å². The van der Waals surface area contributed by atoms with E-state index in [4.69, 9.17) is 4.42 Å². The lowest BCUT2D eigenvalue weighted by Crippen LogP contribution is -2.11. The zero-order valence-electron chi connectivity index (χ0n) is 14.7. The van der Waals surface area contributed by atoms with Gasteiger partial charge < -0.3 is 9.73 Å². The molecule has 0 fully saturated rings. The van der Waals surface area contributed by atoms with Crippen LogP contribution in [0.25, 0.3) is 11.4 Å². The monoisotopic (exact) mass is 428 g/mol. The third-order valence-corrected chi connectivity index (χ3v) is 7.51. The molecule has 1 unspecified atom stereocenters. The third-order valence-electron chi connectivity index (χ3n) is 4.27. The van der Waals surface area contributed by atoms with E-state index >= 15 is 0 Å². The van der Waals surface area contributed by atoms with Gasteiger partial charge >= 0.3 is 0 Å². The van der Waals surface area contributed by atoms with Gasteiger partial charge in [-0.05, 0) is 12.1 Å². The summed E-state index contributed by atoms with van der Waals surface area (Å²) >= 11 is 5.05. The second kappa shape index (κ2) is 7.98. The molecule has 1 N–H and O–H groups in total. The second-order valence-electron chi connectivity index (χ2n) is 6.12. The normalized spacial score (nSPS) is 15.6. The molecule has 7 nitrogen and oxygen atoms in total. The Morgan fingerprint density at radius 2 is 2.04 bits per heavy atom. The molecule has 1 aliphatic heterocycles. The first kappa shape index (κ1) is 17.8. The number of thioether (sulfide) groups is 2. The molecular formula is C18H16N6OS3. The van der Waals surface area contributed by atoms with E-state index in [9.17, 15) is 0 Å². The van der Waals surface area contributed by atoms with Gasteiger partial charge in [0.15, 0.2) is 15.3 Å². The molecular weight excluding hydrogens is 412 g/mol. The molecule has 1 atom stereocenters. The molecule has 4 aromatic rings. The van der Waals surface area contributed by atoms with Crippen LogP contribution in [0.1, 0.15) is 11.8 Å². The van der Waals surface area contributed by atoms with Gasteiger partial charge in [-0.1, -0.05) is 65.2 Å². The van der Waals surface area contributed by atoms with Gasteiger partial charge in [0, 0.05) is 17.1 Å². The van der Waals surface area contributed by atoms with E-state index in [1.165, 1.54) is 0 Å². The predicted molar refractivity (Wildman–Crippen MR) is 112 cm³/mol. The quantitative estimate of drug-likeness (QED) is 0.433. The topological polar surface area (TPSA) is 81.7 Å². The summed E-state index contributed by atoms with van der Waals surface area (Å²) in [7, 11) is 0. The molecule has 0 amide bonds. The highest BCUT2D eigenvalue weighted by Gasteiger charge is 2.28. The number of rotatable bonds is 7. The van der Waals surface area contributed by atoms with Gasteiger partial charge in [0.2, 0.25) is 5.13 Å². The van der Waals surface area contributed by atoms with Crippen molar-refractivity contribution in [1.82, 2.24) is 25.0 Å². The lowest BCUT2D eigenvalue weighted by Gasteiger charge is -2.13. The number of benzene rings is 1. The highest BCUT2D eigenvalue weighted by atomic mass is 32.2. The fourth-order valence-corrected chi connectivity index (χ4v) is 6.02. The number of hydrogen-bond acceptors (Lipinski definition) is 9. The first-order valence-electron chi connectivity index (χ1n) is 8.72. The summed E-state index contributed by atoms with van der Waals surface area (Å²) in [5.74, 6) is 3.72. The standard InChI is InChI=1S/C18H16N6OS3/c1-2-5-12(6-3-1)15-20-22-17-24(15)13(10-26-17)11-27-18-23-21-16(28-18)19-9-14-7-4-8-25-14/h1-8,13H,9-11H2,(H,19,21). The van der Waals surface area contributed by atoms with E-state index in [-0.39, 0.29) is 0 Å². The predicted octanol–water partition coefficient (Wildman–Crippen LogP) is 4.44. The molecule has 0 saturated carbocycles. The van der Waals surface area contributed by atoms with Crippen molar-refractivity contribution in [3.8, 4) is 11.4 Å². The maximum atomic E-state index is 5.32. The minimum absolute atomic E-state index is 0.332. The zero-order valence-corrected chi connectivity index (χ0v) is 17.1. The maximum Gasteiger partial charge on any atom is 0.206 e. The van der Waals surface area contributed by atoms with E-state index in [2.05, 4.69) is 42.4 Å². The summed E-state index contributed by atoms with van der Waals surface area (Å²) in [6, 6.07) is 14.4. The van der Waals surface area contributed by atoms with Crippen molar-refractivity contribution in [3.05, 3.63) is 54.5 Å². The van der Waals surface area contributed by atoms with Crippen molar-refractivity contribution in [2.75, 3.05) is 16.8 Å². The van der Waals surface area contributed by atoms with Crippen LogP contribution in [-0.2, 0) is 6.54 Å². The van der Waals surface area contributed by atoms with Crippen LogP contribution in [0.5, 0.6) is 0 Å². The van der Waals surface area contributed by atoms with E-state index in [1.54, 1.807) is 41.1 Å². The molecule has 142 valence electrons. The molecule has 10 heteroatoms. The number of fused-ring (bicyclic) bond motifs is 1. The van der Waals surface area contributed by atoms with Crippen molar-refractivity contribution < 1.29 is 4.42 Å². The van der Waals surface area contributed by atoms with Crippen molar-refractivity contribution in [2.45, 2.75) is 22.1 Å². The van der Waals surface area contributed by atoms with E-state index in [1.807, 2.05) is 30.3 Å². The van der Waals surface area contributed by atoms with E-state index in [0.717, 1.165) is 43.3 Å². The van der Waals surface area contributed by atoms with Gasteiger partial charge in [0.05, 0.1) is 18.8 Å². The number of anilines is 1. The summed E-state index contributed by atoms with van der Waals surface area (Å²) in [5.41, 5.74) is 1.10. The lowest BCUT2D eigenvalue weighted by molar-refractivity contribution is 0.518. The van der Waals surface area contributed by atoms with E-state index in [0.29, 0.717) is 12.6 Å². The summed E-state index contributed by atoms with van der Waals surface area (Å²) in [4.78, 5) is 0. The number of nitrogens with one attached hydrogen (secondary N) is 1. The van der Waals surface area contributed by atoms with Crippen molar-refractivity contribution in [1.29, 1.82) is 0 Å². The Labute approximate surface area is 174 Å². The van der Waals surface area contributed by atoms with Crippen LogP contribution in [0.4, 0.5) is 5.13 Å². The van der Waals surface area contributed by atoms with Crippen LogP contribution in [0.2, 0.25) is 0 Å². The van der Waals surface area contributed by atoms with Gasteiger partial charge in [-0.25, -0.2) is 0 Å². The largest absolute Gasteiger partial charge is 0.467 e. The summed E-state index contributed by atoms with van der Waals surface area (Å²) in [6.07, 6.45) is 1.67. The first-order chi connectivity index (χ1) is 13.9. The molecule has 0 saturated heterocycles. The average molecular weight is 429 g/mol. The minimum atomic E-state index is 0.332. The third kappa shape index (κ3) is 3.67. The highest BCUT2D eigenvalue weighted by Crippen LogP contribution is 2.39. The molecule has 1 aromatic carbocycles. The van der Waals surface area contributed by atoms with Gasteiger partial charge in [0.1, 0.15) is 5.76 Å². The first-order valence-corrected chi connectivity index (χ1v) is 11.5. The number of furan rings is 1. The van der Waals surface area contributed by atoms with Gasteiger partial charge in [0.25, 0.3) is 0 Å². The Morgan fingerprint density at radius 1 is 1.11 bits per heavy atom. The van der Waals surface area contributed by atoms with Crippen molar-refractivity contribution in [2.24, 2.45) is 0 Å². The summed E-state index contributed by atoms with van der Waals surface area (Å²) < 4.78 is 8.53.